The predicted molar refractivity (Wildman–Crippen MR) is 81.3 cm³/mol. The van der Waals surface area contributed by atoms with Crippen molar-refractivity contribution in [2.75, 3.05) is 13.2 Å². The van der Waals surface area contributed by atoms with Crippen molar-refractivity contribution in [1.82, 2.24) is 15.3 Å². The average Bonchev–Trinajstić information content (AvgIpc) is 3.25. The number of nitrogens with one attached hydrogen (secondary N) is 2. The Morgan fingerprint density at radius 3 is 2.71 bits per heavy atom. The Balaban J connectivity index is 1.70. The number of hydrogen-bond donors (Lipinski definition) is 4. The largest absolute Gasteiger partial charge is 0.462 e. The summed E-state index contributed by atoms with van der Waals surface area (Å²) >= 11 is 0. The number of aromatic nitrogens is 2. The molecule has 0 aliphatic carbocycles. The van der Waals surface area contributed by atoms with Gasteiger partial charge in [0.2, 0.25) is 0 Å². The second-order valence-corrected chi connectivity index (χ2v) is 5.51. The van der Waals surface area contributed by atoms with Gasteiger partial charge >= 0.3 is 17.9 Å². The number of rotatable bonds is 7. The molecule has 0 radical (unpaired) electrons. The highest BCUT2D eigenvalue weighted by Gasteiger charge is 2.28. The number of carbonyl (C=O) groups is 3. The lowest BCUT2D eigenvalue weighted by molar-refractivity contribution is -0.163. The van der Waals surface area contributed by atoms with Crippen molar-refractivity contribution in [1.29, 1.82) is 0 Å². The summed E-state index contributed by atoms with van der Waals surface area (Å²) in [7, 11) is 0. The van der Waals surface area contributed by atoms with Crippen molar-refractivity contribution in [3.63, 3.8) is 0 Å². The standard InChI is InChI=1S/C14H21N5O5/c15-9(4-8-5-17-7-19-8)12(20)23-6-10(16)13(21)24-14(22)11-2-1-3-18-11/h5,7,9-11,18H,1-4,6,15-16H2,(H,17,19)/t9-,10-,11-/m0/s1. The summed E-state index contributed by atoms with van der Waals surface area (Å²) in [6.07, 6.45) is 4.67. The zero-order valence-electron chi connectivity index (χ0n) is 13.1. The molecule has 1 aliphatic rings. The Bertz CT molecular complexity index is 570. The third-order valence-corrected chi connectivity index (χ3v) is 3.55. The van der Waals surface area contributed by atoms with Crippen LogP contribution in [0.2, 0.25) is 0 Å². The van der Waals surface area contributed by atoms with Crippen molar-refractivity contribution < 1.29 is 23.9 Å². The summed E-state index contributed by atoms with van der Waals surface area (Å²) in [4.78, 5) is 41.8. The molecule has 6 N–H and O–H groups in total. The molecule has 0 unspecified atom stereocenters. The molecule has 10 nitrogen and oxygen atoms in total. The number of imidazole rings is 1. The smallest absolute Gasteiger partial charge is 0.334 e. The fraction of sp³-hybridized carbons (Fsp3) is 0.571. The maximum atomic E-state index is 11.8. The maximum Gasteiger partial charge on any atom is 0.334 e. The monoisotopic (exact) mass is 339 g/mol. The molecule has 1 aliphatic heterocycles. The first-order chi connectivity index (χ1) is 11.5. The molecule has 1 aromatic heterocycles. The van der Waals surface area contributed by atoms with E-state index < -0.39 is 42.6 Å². The first kappa shape index (κ1) is 18.0. The van der Waals surface area contributed by atoms with Gasteiger partial charge in [0.25, 0.3) is 0 Å². The highest BCUT2D eigenvalue weighted by molar-refractivity contribution is 5.91. The summed E-state index contributed by atoms with van der Waals surface area (Å²) in [5, 5.41) is 2.91. The molecule has 10 heteroatoms. The number of nitrogens with zero attached hydrogens (tertiary/aromatic N) is 1. The van der Waals surface area contributed by atoms with Crippen LogP contribution in [0.15, 0.2) is 12.5 Å². The van der Waals surface area contributed by atoms with E-state index in [4.69, 9.17) is 16.2 Å². The molecule has 0 saturated carbocycles. The fourth-order valence-electron chi connectivity index (χ4n) is 2.20. The van der Waals surface area contributed by atoms with Gasteiger partial charge in [-0.05, 0) is 19.4 Å². The van der Waals surface area contributed by atoms with E-state index in [1.807, 2.05) is 0 Å². The van der Waals surface area contributed by atoms with E-state index in [1.165, 1.54) is 6.33 Å². The summed E-state index contributed by atoms with van der Waals surface area (Å²) in [6, 6.07) is -2.66. The van der Waals surface area contributed by atoms with Crippen LogP contribution in [0.5, 0.6) is 0 Å². The van der Waals surface area contributed by atoms with E-state index in [9.17, 15) is 14.4 Å². The van der Waals surface area contributed by atoms with Gasteiger partial charge in [0.15, 0.2) is 0 Å². The van der Waals surface area contributed by atoms with Crippen LogP contribution in [0.4, 0.5) is 0 Å². The molecule has 0 spiro atoms. The minimum absolute atomic E-state index is 0.213. The van der Waals surface area contributed by atoms with Gasteiger partial charge in [-0.15, -0.1) is 0 Å². The van der Waals surface area contributed by atoms with Crippen LogP contribution in [-0.4, -0.2) is 59.2 Å². The zero-order valence-corrected chi connectivity index (χ0v) is 13.1. The van der Waals surface area contributed by atoms with Crippen molar-refractivity contribution >= 4 is 17.9 Å². The molecule has 132 valence electrons. The minimum atomic E-state index is -1.25. The lowest BCUT2D eigenvalue weighted by Gasteiger charge is -2.15. The van der Waals surface area contributed by atoms with Crippen LogP contribution < -0.4 is 16.8 Å². The van der Waals surface area contributed by atoms with Gasteiger partial charge in [0.05, 0.1) is 6.33 Å². The highest BCUT2D eigenvalue weighted by Crippen LogP contribution is 2.07. The van der Waals surface area contributed by atoms with Crippen LogP contribution in [0.1, 0.15) is 18.5 Å². The normalized spacial score (nSPS) is 19.5. The van der Waals surface area contributed by atoms with Gasteiger partial charge in [0.1, 0.15) is 24.7 Å². The molecule has 1 saturated heterocycles. The van der Waals surface area contributed by atoms with E-state index >= 15 is 0 Å². The molecule has 3 atom stereocenters. The summed E-state index contributed by atoms with van der Waals surface area (Å²) in [5.41, 5.74) is 11.9. The molecule has 0 bridgehead atoms. The molecule has 1 fully saturated rings. The second kappa shape index (κ2) is 8.52. The van der Waals surface area contributed by atoms with Crippen LogP contribution in [0.3, 0.4) is 0 Å². The first-order valence-electron chi connectivity index (χ1n) is 7.61. The van der Waals surface area contributed by atoms with Crippen molar-refractivity contribution in [2.24, 2.45) is 11.5 Å². The number of ether oxygens (including phenoxy) is 2. The Morgan fingerprint density at radius 2 is 2.08 bits per heavy atom. The van der Waals surface area contributed by atoms with Crippen LogP contribution >= 0.6 is 0 Å². The molecule has 0 amide bonds. The molecule has 0 aromatic carbocycles. The Labute approximate surface area is 138 Å². The van der Waals surface area contributed by atoms with Crippen LogP contribution in [-0.2, 0) is 30.3 Å². The average molecular weight is 339 g/mol. The van der Waals surface area contributed by atoms with Gasteiger partial charge in [-0.25, -0.2) is 14.6 Å². The van der Waals surface area contributed by atoms with E-state index in [-0.39, 0.29) is 6.42 Å². The van der Waals surface area contributed by atoms with Crippen LogP contribution in [0, 0.1) is 0 Å². The van der Waals surface area contributed by atoms with E-state index in [0.29, 0.717) is 18.7 Å². The fourth-order valence-corrected chi connectivity index (χ4v) is 2.20. The predicted octanol–water partition coefficient (Wildman–Crippen LogP) is -2.03. The summed E-state index contributed by atoms with van der Waals surface area (Å²) in [6.45, 7) is 0.283. The quantitative estimate of drug-likeness (QED) is 0.324. The van der Waals surface area contributed by atoms with Gasteiger partial charge in [-0.2, -0.15) is 0 Å². The molecule has 2 rings (SSSR count). The number of H-pyrrole nitrogens is 1. The van der Waals surface area contributed by atoms with E-state index in [2.05, 4.69) is 20.0 Å². The van der Waals surface area contributed by atoms with Gasteiger partial charge in [0, 0.05) is 18.3 Å². The number of esters is 3. The molecule has 24 heavy (non-hydrogen) atoms. The lowest BCUT2D eigenvalue weighted by atomic mass is 10.2. The van der Waals surface area contributed by atoms with E-state index in [1.54, 1.807) is 6.20 Å². The molecule has 1 aromatic rings. The summed E-state index contributed by atoms with van der Waals surface area (Å²) < 4.78 is 9.56. The first-order valence-corrected chi connectivity index (χ1v) is 7.61. The SMILES string of the molecule is N[C@@H](Cc1cnc[nH]1)C(=O)OC[C@H](N)C(=O)OC(=O)[C@@H]1CCCN1. The Kier molecular flexibility index (Phi) is 6.41. The zero-order chi connectivity index (χ0) is 17.5. The van der Waals surface area contributed by atoms with Gasteiger partial charge in [-0.3, -0.25) is 4.79 Å². The topological polar surface area (TPSA) is 162 Å². The van der Waals surface area contributed by atoms with Gasteiger partial charge in [-0.1, -0.05) is 0 Å². The molecular weight excluding hydrogens is 318 g/mol. The minimum Gasteiger partial charge on any atom is -0.462 e. The van der Waals surface area contributed by atoms with E-state index in [0.717, 1.165) is 6.42 Å². The van der Waals surface area contributed by atoms with Crippen molar-refractivity contribution in [3.8, 4) is 0 Å². The summed E-state index contributed by atoms with van der Waals surface area (Å²) in [5.74, 6) is -2.32. The maximum absolute atomic E-state index is 11.8. The van der Waals surface area contributed by atoms with Gasteiger partial charge < -0.3 is 31.2 Å². The highest BCUT2D eigenvalue weighted by atomic mass is 16.6. The van der Waals surface area contributed by atoms with Crippen molar-refractivity contribution in [3.05, 3.63) is 18.2 Å². The second-order valence-electron chi connectivity index (χ2n) is 5.51. The molecule has 2 heterocycles. The third kappa shape index (κ3) is 5.11. The lowest BCUT2D eigenvalue weighted by Crippen LogP contribution is -2.43. The number of aromatic amines is 1. The number of nitrogens with two attached hydrogens (primary N) is 2. The number of hydrogen-bond acceptors (Lipinski definition) is 9. The Morgan fingerprint density at radius 1 is 1.29 bits per heavy atom. The number of carbonyl (C=O) groups excluding carboxylic acids is 3. The molecular formula is C14H21N5O5. The van der Waals surface area contributed by atoms with Crippen LogP contribution in [0.25, 0.3) is 0 Å². The Hall–Kier alpha value is -2.30. The third-order valence-electron chi connectivity index (χ3n) is 3.55. The van der Waals surface area contributed by atoms with Crippen molar-refractivity contribution in [2.45, 2.75) is 37.4 Å².